The first-order valence-electron chi connectivity index (χ1n) is 3.32. The minimum atomic E-state index is -0.820. The maximum absolute atomic E-state index is 10.8. The van der Waals surface area contributed by atoms with E-state index in [0.29, 0.717) is 18.1 Å². The third-order valence-corrected chi connectivity index (χ3v) is 2.04. The van der Waals surface area contributed by atoms with Gasteiger partial charge < -0.3 is 5.73 Å². The quantitative estimate of drug-likeness (QED) is 0.594. The first-order valence-corrected chi connectivity index (χ1v) is 4.80. The first-order chi connectivity index (χ1) is 4.81. The molecule has 0 aromatic heterocycles. The van der Waals surface area contributed by atoms with Crippen molar-refractivity contribution in [1.29, 1.82) is 0 Å². The zero-order valence-electron chi connectivity index (χ0n) is 6.22. The summed E-state index contributed by atoms with van der Waals surface area (Å²) in [5.41, 5.74) is 5.19. The van der Waals surface area contributed by atoms with Crippen LogP contribution in [-0.2, 0) is 10.8 Å². The van der Waals surface area contributed by atoms with E-state index in [-0.39, 0.29) is 0 Å². The highest BCUT2D eigenvalue weighted by Crippen LogP contribution is 1.78. The first kappa shape index (κ1) is 9.67. The number of hydrogen-bond acceptors (Lipinski definition) is 2. The highest BCUT2D eigenvalue weighted by Gasteiger charge is 1.91. The van der Waals surface area contributed by atoms with Gasteiger partial charge in [-0.25, -0.2) is 0 Å². The van der Waals surface area contributed by atoms with Crippen molar-refractivity contribution in [3.63, 3.8) is 0 Å². The van der Waals surface area contributed by atoms with Crippen LogP contribution in [0.1, 0.15) is 13.3 Å². The van der Waals surface area contributed by atoms with Gasteiger partial charge in [0, 0.05) is 29.5 Å². The molecule has 0 aromatic rings. The molecule has 58 valence electrons. The maximum Gasteiger partial charge on any atom is 0.0847 e. The number of nitrogens with two attached hydrogens (primary N) is 1. The van der Waals surface area contributed by atoms with Gasteiger partial charge >= 0.3 is 0 Å². The largest absolute Gasteiger partial charge is 0.330 e. The van der Waals surface area contributed by atoms with E-state index in [4.69, 9.17) is 5.73 Å². The Morgan fingerprint density at radius 3 is 2.70 bits per heavy atom. The molecule has 0 bridgehead atoms. The lowest BCUT2D eigenvalue weighted by atomic mass is 10.5. The molecule has 2 N–H and O–H groups in total. The smallest absolute Gasteiger partial charge is 0.0847 e. The molecule has 0 heterocycles. The van der Waals surface area contributed by atoms with E-state index in [1.54, 1.807) is 0 Å². The van der Waals surface area contributed by atoms with Crippen molar-refractivity contribution in [2.75, 3.05) is 18.1 Å². The van der Waals surface area contributed by atoms with Crippen molar-refractivity contribution in [3.8, 4) is 11.8 Å². The summed E-state index contributed by atoms with van der Waals surface area (Å²) in [6.45, 7) is 2.46. The second-order valence-electron chi connectivity index (χ2n) is 1.78. The lowest BCUT2D eigenvalue weighted by Gasteiger charge is -1.90. The van der Waals surface area contributed by atoms with Gasteiger partial charge in [0.1, 0.15) is 0 Å². The minimum Gasteiger partial charge on any atom is -0.330 e. The molecule has 0 radical (unpaired) electrons. The van der Waals surface area contributed by atoms with Crippen LogP contribution in [0.3, 0.4) is 0 Å². The molecular formula is C7H13NOS. The van der Waals surface area contributed by atoms with Crippen LogP contribution < -0.4 is 5.73 Å². The van der Waals surface area contributed by atoms with Gasteiger partial charge in [0.15, 0.2) is 0 Å². The van der Waals surface area contributed by atoms with Gasteiger partial charge in [0.25, 0.3) is 0 Å². The van der Waals surface area contributed by atoms with Crippen LogP contribution in [0, 0.1) is 11.8 Å². The van der Waals surface area contributed by atoms with Gasteiger partial charge in [-0.1, -0.05) is 12.8 Å². The summed E-state index contributed by atoms with van der Waals surface area (Å²) in [7, 11) is -0.820. The predicted octanol–water partition coefficient (Wildman–Crippen LogP) is 0.107. The van der Waals surface area contributed by atoms with E-state index < -0.39 is 10.8 Å². The molecule has 1 unspecified atom stereocenters. The Hall–Kier alpha value is -0.330. The summed E-state index contributed by atoms with van der Waals surface area (Å²) in [6, 6.07) is 0. The second-order valence-corrected chi connectivity index (χ2v) is 3.36. The van der Waals surface area contributed by atoms with Crippen LogP contribution in [0.15, 0.2) is 0 Å². The Balaban J connectivity index is 3.39. The molecule has 0 fully saturated rings. The molecule has 0 amide bonds. The number of hydrogen-bond donors (Lipinski definition) is 1. The standard InChI is InChI=1S/C7H13NOS/c1-2-3-4-6-10(9)7-5-8/h2,5-8H2,1H3. The fourth-order valence-electron chi connectivity index (χ4n) is 0.460. The SMILES string of the molecule is CCC#CCS(=O)CCN. The summed E-state index contributed by atoms with van der Waals surface area (Å²) in [5.74, 6) is 6.71. The van der Waals surface area contributed by atoms with Crippen LogP contribution in [0.25, 0.3) is 0 Å². The van der Waals surface area contributed by atoms with Crippen LogP contribution in [-0.4, -0.2) is 22.3 Å². The van der Waals surface area contributed by atoms with Gasteiger partial charge in [-0.05, 0) is 0 Å². The topological polar surface area (TPSA) is 43.1 Å². The monoisotopic (exact) mass is 159 g/mol. The van der Waals surface area contributed by atoms with E-state index in [1.807, 2.05) is 6.92 Å². The van der Waals surface area contributed by atoms with Crippen LogP contribution in [0.4, 0.5) is 0 Å². The molecule has 10 heavy (non-hydrogen) atoms. The number of rotatable bonds is 3. The Morgan fingerprint density at radius 1 is 1.50 bits per heavy atom. The lowest BCUT2D eigenvalue weighted by molar-refractivity contribution is 0.685. The lowest BCUT2D eigenvalue weighted by Crippen LogP contribution is -2.11. The van der Waals surface area contributed by atoms with Crippen molar-refractivity contribution >= 4 is 10.8 Å². The predicted molar refractivity (Wildman–Crippen MR) is 45.0 cm³/mol. The zero-order chi connectivity index (χ0) is 7.82. The molecule has 3 heteroatoms. The normalized spacial score (nSPS) is 11.8. The molecule has 0 aromatic carbocycles. The molecule has 0 rings (SSSR count). The van der Waals surface area contributed by atoms with Gasteiger partial charge in [-0.3, -0.25) is 4.21 Å². The molecule has 2 nitrogen and oxygen atoms in total. The molecule has 0 saturated carbocycles. The van der Waals surface area contributed by atoms with E-state index in [1.165, 1.54) is 0 Å². The van der Waals surface area contributed by atoms with E-state index in [0.717, 1.165) is 6.42 Å². The third-order valence-electron chi connectivity index (χ3n) is 0.880. The van der Waals surface area contributed by atoms with Crippen molar-refractivity contribution < 1.29 is 4.21 Å². The summed E-state index contributed by atoms with van der Waals surface area (Å²) < 4.78 is 10.8. The van der Waals surface area contributed by atoms with E-state index in [9.17, 15) is 4.21 Å². The molecule has 1 atom stereocenters. The summed E-state index contributed by atoms with van der Waals surface area (Å²) in [4.78, 5) is 0. The average Bonchev–Trinajstić information content (AvgIpc) is 1.89. The maximum atomic E-state index is 10.8. The fourth-order valence-corrected chi connectivity index (χ4v) is 1.13. The molecule has 0 saturated heterocycles. The minimum absolute atomic E-state index is 0.477. The highest BCUT2D eigenvalue weighted by molar-refractivity contribution is 7.85. The Labute approximate surface area is 64.6 Å². The van der Waals surface area contributed by atoms with Crippen LogP contribution in [0.5, 0.6) is 0 Å². The molecule has 0 aliphatic rings. The van der Waals surface area contributed by atoms with Crippen molar-refractivity contribution in [2.45, 2.75) is 13.3 Å². The summed E-state index contributed by atoms with van der Waals surface area (Å²) >= 11 is 0. The van der Waals surface area contributed by atoms with Crippen LogP contribution in [0.2, 0.25) is 0 Å². The van der Waals surface area contributed by atoms with E-state index >= 15 is 0 Å². The summed E-state index contributed by atoms with van der Waals surface area (Å²) in [5, 5.41) is 0. The molecule has 0 spiro atoms. The average molecular weight is 159 g/mol. The third kappa shape index (κ3) is 5.80. The fraction of sp³-hybridized carbons (Fsp3) is 0.714. The van der Waals surface area contributed by atoms with Gasteiger partial charge in [-0.15, -0.1) is 5.92 Å². The van der Waals surface area contributed by atoms with E-state index in [2.05, 4.69) is 11.8 Å². The van der Waals surface area contributed by atoms with Gasteiger partial charge in [-0.2, -0.15) is 0 Å². The van der Waals surface area contributed by atoms with Crippen molar-refractivity contribution in [3.05, 3.63) is 0 Å². The Bertz CT molecular complexity index is 157. The molecule has 0 aliphatic heterocycles. The Kier molecular flexibility index (Phi) is 6.56. The summed E-state index contributed by atoms with van der Waals surface area (Å²) in [6.07, 6.45) is 0.833. The molecule has 0 aliphatic carbocycles. The van der Waals surface area contributed by atoms with Crippen molar-refractivity contribution in [2.24, 2.45) is 5.73 Å². The van der Waals surface area contributed by atoms with Gasteiger partial charge in [0.2, 0.25) is 0 Å². The Morgan fingerprint density at radius 2 is 2.20 bits per heavy atom. The van der Waals surface area contributed by atoms with Crippen molar-refractivity contribution in [1.82, 2.24) is 0 Å². The second kappa shape index (κ2) is 6.79. The van der Waals surface area contributed by atoms with Crippen LogP contribution >= 0.6 is 0 Å². The molecular weight excluding hydrogens is 146 g/mol. The zero-order valence-corrected chi connectivity index (χ0v) is 7.04. The highest BCUT2D eigenvalue weighted by atomic mass is 32.2. The van der Waals surface area contributed by atoms with Gasteiger partial charge in [0.05, 0.1) is 5.75 Å².